The lowest BCUT2D eigenvalue weighted by atomic mass is 10.2. The molecular weight excluding hydrogens is 258 g/mol. The van der Waals surface area contributed by atoms with Crippen LogP contribution in [0.1, 0.15) is 36.0 Å². The van der Waals surface area contributed by atoms with Crippen LogP contribution in [-0.2, 0) is 24.2 Å². The predicted molar refractivity (Wildman–Crippen MR) is 77.1 cm³/mol. The number of aromatic nitrogens is 2. The van der Waals surface area contributed by atoms with E-state index in [2.05, 4.69) is 33.9 Å². The lowest BCUT2D eigenvalue weighted by molar-refractivity contribution is -0.121. The molecule has 0 fully saturated rings. The van der Waals surface area contributed by atoms with Crippen LogP contribution in [0.4, 0.5) is 0 Å². The Bertz CT molecular complexity index is 505. The minimum absolute atomic E-state index is 0.101. The topological polar surface area (TPSA) is 57.8 Å². The zero-order valence-corrected chi connectivity index (χ0v) is 11.9. The van der Waals surface area contributed by atoms with E-state index in [0.29, 0.717) is 13.0 Å². The van der Waals surface area contributed by atoms with Crippen molar-refractivity contribution < 1.29 is 4.79 Å². The predicted octanol–water partition coefficient (Wildman–Crippen LogP) is 2.67. The maximum absolute atomic E-state index is 11.7. The Hall–Kier alpha value is -1.62. The van der Waals surface area contributed by atoms with Crippen molar-refractivity contribution in [2.45, 2.75) is 39.2 Å². The molecule has 2 aromatic rings. The summed E-state index contributed by atoms with van der Waals surface area (Å²) in [6.45, 7) is 2.59. The first-order chi connectivity index (χ1) is 9.28. The third-order valence-corrected chi connectivity index (χ3v) is 3.87. The molecule has 2 heterocycles. The number of aryl methyl sites for hydroxylation is 2. The third kappa shape index (κ3) is 4.52. The van der Waals surface area contributed by atoms with Gasteiger partial charge in [0.15, 0.2) is 0 Å². The van der Waals surface area contributed by atoms with Crippen LogP contribution in [0.2, 0.25) is 0 Å². The molecule has 0 aliphatic heterocycles. The van der Waals surface area contributed by atoms with E-state index in [4.69, 9.17) is 0 Å². The fraction of sp³-hybridized carbons (Fsp3) is 0.429. The molecule has 5 heteroatoms. The second-order valence-corrected chi connectivity index (χ2v) is 5.48. The summed E-state index contributed by atoms with van der Waals surface area (Å²) in [4.78, 5) is 13.0. The van der Waals surface area contributed by atoms with Gasteiger partial charge in [0.05, 0.1) is 17.9 Å². The first-order valence-electron chi connectivity index (χ1n) is 6.60. The quantitative estimate of drug-likeness (QED) is 0.817. The summed E-state index contributed by atoms with van der Waals surface area (Å²) < 4.78 is 0. The molecule has 0 aliphatic rings. The van der Waals surface area contributed by atoms with Crippen molar-refractivity contribution in [2.75, 3.05) is 0 Å². The van der Waals surface area contributed by atoms with Crippen molar-refractivity contribution in [1.29, 1.82) is 0 Å². The van der Waals surface area contributed by atoms with Crippen LogP contribution in [0.25, 0.3) is 0 Å². The van der Waals surface area contributed by atoms with Crippen LogP contribution in [-0.4, -0.2) is 16.1 Å². The van der Waals surface area contributed by atoms with Crippen molar-refractivity contribution in [3.63, 3.8) is 0 Å². The van der Waals surface area contributed by atoms with Gasteiger partial charge in [-0.05, 0) is 36.8 Å². The Morgan fingerprint density at radius 3 is 3.11 bits per heavy atom. The van der Waals surface area contributed by atoms with Gasteiger partial charge in [-0.3, -0.25) is 9.89 Å². The number of nitrogens with zero attached hydrogens (tertiary/aromatic N) is 1. The zero-order valence-electron chi connectivity index (χ0n) is 11.1. The smallest absolute Gasteiger partial charge is 0.220 e. The highest BCUT2D eigenvalue weighted by Crippen LogP contribution is 2.11. The molecule has 0 aromatic carbocycles. The van der Waals surface area contributed by atoms with Crippen molar-refractivity contribution in [2.24, 2.45) is 0 Å². The number of aromatic amines is 1. The van der Waals surface area contributed by atoms with Crippen molar-refractivity contribution in [3.8, 4) is 0 Å². The number of hydrogen-bond acceptors (Lipinski definition) is 3. The zero-order chi connectivity index (χ0) is 13.5. The summed E-state index contributed by atoms with van der Waals surface area (Å²) in [5.74, 6) is 0.101. The Balaban J connectivity index is 1.64. The second kappa shape index (κ2) is 7.09. The van der Waals surface area contributed by atoms with E-state index in [1.807, 2.05) is 12.1 Å². The molecule has 2 rings (SSSR count). The molecule has 102 valence electrons. The molecule has 0 unspecified atom stereocenters. The average molecular weight is 277 g/mol. The van der Waals surface area contributed by atoms with Crippen LogP contribution < -0.4 is 5.32 Å². The van der Waals surface area contributed by atoms with Crippen LogP contribution in [0.15, 0.2) is 23.6 Å². The molecule has 0 radical (unpaired) electrons. The van der Waals surface area contributed by atoms with Gasteiger partial charge in [-0.1, -0.05) is 13.0 Å². The van der Waals surface area contributed by atoms with Gasteiger partial charge >= 0.3 is 0 Å². The first-order valence-corrected chi connectivity index (χ1v) is 7.48. The highest BCUT2D eigenvalue weighted by molar-refractivity contribution is 7.09. The standard InChI is InChI=1S/C14H19N3OS/c1-2-11-9-12(17-16-11)10-15-14(18)7-3-5-13-6-4-8-19-13/h4,6,8-9H,2-3,5,7,10H2,1H3,(H,15,18)(H,16,17). The molecule has 0 bridgehead atoms. The molecule has 0 aliphatic carbocycles. The van der Waals surface area contributed by atoms with E-state index in [9.17, 15) is 4.79 Å². The van der Waals surface area contributed by atoms with E-state index in [1.165, 1.54) is 4.88 Å². The Labute approximate surface area is 117 Å². The number of amides is 1. The Morgan fingerprint density at radius 2 is 2.42 bits per heavy atom. The lowest BCUT2D eigenvalue weighted by Crippen LogP contribution is -2.22. The van der Waals surface area contributed by atoms with Crippen LogP contribution in [0.5, 0.6) is 0 Å². The molecule has 0 saturated heterocycles. The van der Waals surface area contributed by atoms with Crippen molar-refractivity contribution in [3.05, 3.63) is 39.8 Å². The normalized spacial score (nSPS) is 10.6. The lowest BCUT2D eigenvalue weighted by Gasteiger charge is -2.02. The molecule has 2 aromatic heterocycles. The second-order valence-electron chi connectivity index (χ2n) is 4.45. The maximum Gasteiger partial charge on any atom is 0.220 e. The van der Waals surface area contributed by atoms with Crippen LogP contribution in [0.3, 0.4) is 0 Å². The molecule has 0 atom stereocenters. The molecule has 2 N–H and O–H groups in total. The fourth-order valence-electron chi connectivity index (χ4n) is 1.84. The number of H-pyrrole nitrogens is 1. The van der Waals surface area contributed by atoms with Gasteiger partial charge < -0.3 is 5.32 Å². The largest absolute Gasteiger partial charge is 0.350 e. The summed E-state index contributed by atoms with van der Waals surface area (Å²) >= 11 is 1.75. The van der Waals surface area contributed by atoms with Gasteiger partial charge in [0.1, 0.15) is 0 Å². The van der Waals surface area contributed by atoms with E-state index in [-0.39, 0.29) is 5.91 Å². The van der Waals surface area contributed by atoms with Crippen molar-refractivity contribution >= 4 is 17.2 Å². The van der Waals surface area contributed by atoms with E-state index < -0.39 is 0 Å². The summed E-state index contributed by atoms with van der Waals surface area (Å²) in [7, 11) is 0. The maximum atomic E-state index is 11.7. The number of rotatable bonds is 7. The van der Waals surface area contributed by atoms with E-state index in [0.717, 1.165) is 30.7 Å². The number of nitrogens with one attached hydrogen (secondary N) is 2. The number of thiophene rings is 1. The van der Waals surface area contributed by atoms with Gasteiger partial charge in [0, 0.05) is 11.3 Å². The van der Waals surface area contributed by atoms with E-state index >= 15 is 0 Å². The molecule has 0 saturated carbocycles. The first kappa shape index (κ1) is 13.8. The summed E-state index contributed by atoms with van der Waals surface area (Å²) in [5, 5.41) is 12.0. The van der Waals surface area contributed by atoms with Crippen LogP contribution >= 0.6 is 11.3 Å². The van der Waals surface area contributed by atoms with Gasteiger partial charge in [-0.15, -0.1) is 11.3 Å². The minimum atomic E-state index is 0.101. The van der Waals surface area contributed by atoms with E-state index in [1.54, 1.807) is 11.3 Å². The minimum Gasteiger partial charge on any atom is -0.350 e. The monoisotopic (exact) mass is 277 g/mol. The molecular formula is C14H19N3OS. The number of carbonyl (C=O) groups is 1. The van der Waals surface area contributed by atoms with Gasteiger partial charge in [-0.25, -0.2) is 0 Å². The van der Waals surface area contributed by atoms with Crippen molar-refractivity contribution in [1.82, 2.24) is 15.5 Å². The highest BCUT2D eigenvalue weighted by atomic mass is 32.1. The highest BCUT2D eigenvalue weighted by Gasteiger charge is 2.04. The number of hydrogen-bond donors (Lipinski definition) is 2. The SMILES string of the molecule is CCc1cc(CNC(=O)CCCc2cccs2)[nH]n1. The molecule has 19 heavy (non-hydrogen) atoms. The fourth-order valence-corrected chi connectivity index (χ4v) is 2.59. The number of carbonyl (C=O) groups excluding carboxylic acids is 1. The van der Waals surface area contributed by atoms with Gasteiger partial charge in [0.25, 0.3) is 0 Å². The van der Waals surface area contributed by atoms with Gasteiger partial charge in [-0.2, -0.15) is 5.10 Å². The summed E-state index contributed by atoms with van der Waals surface area (Å²) in [5.41, 5.74) is 1.99. The Kier molecular flexibility index (Phi) is 5.15. The summed E-state index contributed by atoms with van der Waals surface area (Å²) in [6, 6.07) is 6.15. The van der Waals surface area contributed by atoms with Gasteiger partial charge in [0.2, 0.25) is 5.91 Å². The molecule has 1 amide bonds. The average Bonchev–Trinajstić information content (AvgIpc) is 3.07. The van der Waals surface area contributed by atoms with Crippen LogP contribution in [0, 0.1) is 0 Å². The summed E-state index contributed by atoms with van der Waals surface area (Å²) in [6.07, 6.45) is 3.36. The Morgan fingerprint density at radius 1 is 1.53 bits per heavy atom. The third-order valence-electron chi connectivity index (χ3n) is 2.93. The molecule has 4 nitrogen and oxygen atoms in total. The molecule has 0 spiro atoms.